The maximum absolute atomic E-state index is 10.6. The highest BCUT2D eigenvalue weighted by Gasteiger charge is 2.17. The van der Waals surface area contributed by atoms with Crippen molar-refractivity contribution in [3.05, 3.63) is 23.8 Å². The van der Waals surface area contributed by atoms with Crippen LogP contribution in [0.25, 0.3) is 0 Å². The molecule has 0 bridgehead atoms. The summed E-state index contributed by atoms with van der Waals surface area (Å²) in [4.78, 5) is 10.6. The fourth-order valence-corrected chi connectivity index (χ4v) is 1.64. The van der Waals surface area contributed by atoms with Gasteiger partial charge in [0, 0.05) is 6.04 Å². The van der Waals surface area contributed by atoms with E-state index < -0.39 is 12.0 Å². The lowest BCUT2D eigenvalue weighted by molar-refractivity contribution is -0.138. The lowest BCUT2D eigenvalue weighted by Gasteiger charge is -2.16. The molecule has 0 amide bonds. The SMILES string of the molecule is CC(C)N/N=C/C1=CCC(CC(N)C(=O)O)C=C1. The van der Waals surface area contributed by atoms with Crippen molar-refractivity contribution < 1.29 is 9.90 Å². The van der Waals surface area contributed by atoms with Crippen LogP contribution in [0.2, 0.25) is 0 Å². The first-order chi connectivity index (χ1) is 8.49. The van der Waals surface area contributed by atoms with Crippen molar-refractivity contribution in [3.8, 4) is 0 Å². The van der Waals surface area contributed by atoms with E-state index in [1.807, 2.05) is 32.1 Å². The van der Waals surface area contributed by atoms with Gasteiger partial charge in [-0.25, -0.2) is 0 Å². The van der Waals surface area contributed by atoms with E-state index in [1.54, 1.807) is 6.21 Å². The average Bonchev–Trinajstić information content (AvgIpc) is 2.30. The van der Waals surface area contributed by atoms with Gasteiger partial charge in [-0.15, -0.1) is 0 Å². The minimum Gasteiger partial charge on any atom is -0.480 e. The van der Waals surface area contributed by atoms with E-state index >= 15 is 0 Å². The summed E-state index contributed by atoms with van der Waals surface area (Å²) in [6, 6.07) is -0.471. The normalized spacial score (nSPS) is 21.1. The Morgan fingerprint density at radius 2 is 2.44 bits per heavy atom. The topological polar surface area (TPSA) is 87.7 Å². The first kappa shape index (κ1) is 14.4. The Hall–Kier alpha value is -1.62. The Morgan fingerprint density at radius 1 is 1.72 bits per heavy atom. The van der Waals surface area contributed by atoms with Gasteiger partial charge in [0.1, 0.15) is 6.04 Å². The molecular formula is C13H21N3O2. The molecule has 0 heterocycles. The van der Waals surface area contributed by atoms with Crippen molar-refractivity contribution in [2.75, 3.05) is 0 Å². The van der Waals surface area contributed by atoms with Crippen LogP contribution in [-0.4, -0.2) is 29.4 Å². The molecule has 0 fully saturated rings. The second kappa shape index (κ2) is 6.96. The predicted octanol–water partition coefficient (Wildman–Crippen LogP) is 1.27. The summed E-state index contributed by atoms with van der Waals surface area (Å²) in [6.45, 7) is 4.04. The molecule has 0 aromatic heterocycles. The van der Waals surface area contributed by atoms with Gasteiger partial charge >= 0.3 is 5.97 Å². The van der Waals surface area contributed by atoms with Crippen LogP contribution in [0.5, 0.6) is 0 Å². The molecule has 0 aromatic rings. The van der Waals surface area contributed by atoms with E-state index in [4.69, 9.17) is 10.8 Å². The van der Waals surface area contributed by atoms with Gasteiger partial charge in [-0.3, -0.25) is 4.79 Å². The van der Waals surface area contributed by atoms with E-state index in [0.717, 1.165) is 12.0 Å². The lowest BCUT2D eigenvalue weighted by atomic mass is 9.91. The Bertz CT molecular complexity index is 372. The third-order valence-corrected chi connectivity index (χ3v) is 2.64. The highest BCUT2D eigenvalue weighted by atomic mass is 16.4. The first-order valence-corrected chi connectivity index (χ1v) is 6.14. The van der Waals surface area contributed by atoms with Gasteiger partial charge in [0.15, 0.2) is 0 Å². The second-order valence-corrected chi connectivity index (χ2v) is 4.78. The maximum atomic E-state index is 10.6. The van der Waals surface area contributed by atoms with Crippen LogP contribution in [0.1, 0.15) is 26.7 Å². The van der Waals surface area contributed by atoms with E-state index in [0.29, 0.717) is 12.5 Å². The number of carboxylic acid groups (broad SMARTS) is 1. The Kier molecular flexibility index (Phi) is 5.58. The van der Waals surface area contributed by atoms with Gasteiger partial charge in [-0.1, -0.05) is 18.2 Å². The maximum Gasteiger partial charge on any atom is 0.320 e. The molecule has 5 nitrogen and oxygen atoms in total. The number of rotatable bonds is 6. The van der Waals surface area contributed by atoms with Crippen molar-refractivity contribution in [2.45, 2.75) is 38.8 Å². The third-order valence-electron chi connectivity index (χ3n) is 2.64. The number of nitrogens with one attached hydrogen (secondary N) is 1. The highest BCUT2D eigenvalue weighted by molar-refractivity contribution is 5.82. The van der Waals surface area contributed by atoms with Crippen molar-refractivity contribution in [1.82, 2.24) is 5.43 Å². The van der Waals surface area contributed by atoms with Gasteiger partial charge in [0.25, 0.3) is 0 Å². The zero-order valence-corrected chi connectivity index (χ0v) is 10.8. The van der Waals surface area contributed by atoms with Crippen LogP contribution < -0.4 is 11.2 Å². The van der Waals surface area contributed by atoms with E-state index in [1.165, 1.54) is 0 Å². The van der Waals surface area contributed by atoms with E-state index in [-0.39, 0.29) is 5.92 Å². The van der Waals surface area contributed by atoms with Gasteiger partial charge in [0.05, 0.1) is 6.21 Å². The number of hydrogen-bond acceptors (Lipinski definition) is 4. The minimum atomic E-state index is -0.944. The minimum absolute atomic E-state index is 0.200. The Balaban J connectivity index is 2.40. The lowest BCUT2D eigenvalue weighted by Crippen LogP contribution is -2.32. The Labute approximate surface area is 107 Å². The number of allylic oxidation sites excluding steroid dienone is 4. The van der Waals surface area contributed by atoms with Crippen molar-refractivity contribution in [1.29, 1.82) is 0 Å². The Morgan fingerprint density at radius 3 is 2.94 bits per heavy atom. The van der Waals surface area contributed by atoms with Crippen LogP contribution in [0.15, 0.2) is 28.9 Å². The van der Waals surface area contributed by atoms with Gasteiger partial charge in [-0.05, 0) is 38.2 Å². The number of nitrogens with two attached hydrogens (primary N) is 1. The molecule has 2 unspecified atom stereocenters. The summed E-state index contributed by atoms with van der Waals surface area (Å²) in [7, 11) is 0. The predicted molar refractivity (Wildman–Crippen MR) is 72.3 cm³/mol. The van der Waals surface area contributed by atoms with Gasteiger partial charge in [0.2, 0.25) is 0 Å². The summed E-state index contributed by atoms with van der Waals surface area (Å²) in [5.41, 5.74) is 9.48. The zero-order chi connectivity index (χ0) is 13.5. The quantitative estimate of drug-likeness (QED) is 0.490. The standard InChI is InChI=1S/C13H21N3O2/c1-9(2)16-15-8-11-5-3-10(4-6-11)7-12(14)13(17)18/h3,5-6,8-10,12,16H,4,7,14H2,1-2H3,(H,17,18)/b15-8+. The summed E-state index contributed by atoms with van der Waals surface area (Å²) in [5.74, 6) is -0.743. The van der Waals surface area contributed by atoms with Crippen LogP contribution in [0.4, 0.5) is 0 Å². The molecule has 2 atom stereocenters. The van der Waals surface area contributed by atoms with Crippen LogP contribution in [0, 0.1) is 5.92 Å². The largest absolute Gasteiger partial charge is 0.480 e. The molecule has 4 N–H and O–H groups in total. The van der Waals surface area contributed by atoms with Gasteiger partial charge < -0.3 is 16.3 Å². The molecule has 0 spiro atoms. The monoisotopic (exact) mass is 251 g/mol. The van der Waals surface area contributed by atoms with Crippen molar-refractivity contribution in [3.63, 3.8) is 0 Å². The molecule has 0 saturated carbocycles. The molecule has 1 rings (SSSR count). The zero-order valence-electron chi connectivity index (χ0n) is 10.8. The summed E-state index contributed by atoms with van der Waals surface area (Å²) < 4.78 is 0. The number of nitrogens with zero attached hydrogens (tertiary/aromatic N) is 1. The van der Waals surface area contributed by atoms with Crippen LogP contribution in [0.3, 0.4) is 0 Å². The van der Waals surface area contributed by atoms with Gasteiger partial charge in [-0.2, -0.15) is 5.10 Å². The number of hydrogen-bond donors (Lipinski definition) is 3. The van der Waals surface area contributed by atoms with E-state index in [2.05, 4.69) is 10.5 Å². The smallest absolute Gasteiger partial charge is 0.320 e. The second-order valence-electron chi connectivity index (χ2n) is 4.78. The molecule has 18 heavy (non-hydrogen) atoms. The first-order valence-electron chi connectivity index (χ1n) is 6.14. The number of carboxylic acids is 1. The number of hydrazone groups is 1. The molecule has 100 valence electrons. The number of aliphatic carboxylic acids is 1. The fraction of sp³-hybridized carbons (Fsp3) is 0.538. The third kappa shape index (κ3) is 5.14. The summed E-state index contributed by atoms with van der Waals surface area (Å²) in [6.07, 6.45) is 9.04. The van der Waals surface area contributed by atoms with E-state index in [9.17, 15) is 4.79 Å². The molecule has 1 aliphatic rings. The molecule has 5 heteroatoms. The summed E-state index contributed by atoms with van der Waals surface area (Å²) in [5, 5.41) is 12.8. The summed E-state index contributed by atoms with van der Waals surface area (Å²) >= 11 is 0. The highest BCUT2D eigenvalue weighted by Crippen LogP contribution is 2.19. The molecular weight excluding hydrogens is 230 g/mol. The van der Waals surface area contributed by atoms with Crippen LogP contribution in [-0.2, 0) is 4.79 Å². The fourth-order valence-electron chi connectivity index (χ4n) is 1.64. The molecule has 0 aliphatic heterocycles. The average molecular weight is 251 g/mol. The van der Waals surface area contributed by atoms with Crippen LogP contribution >= 0.6 is 0 Å². The molecule has 0 aromatic carbocycles. The van der Waals surface area contributed by atoms with Crippen molar-refractivity contribution >= 4 is 12.2 Å². The number of carbonyl (C=O) groups is 1. The molecule has 1 aliphatic carbocycles. The molecule has 0 saturated heterocycles. The van der Waals surface area contributed by atoms with Crippen molar-refractivity contribution in [2.24, 2.45) is 16.8 Å². The molecule has 0 radical (unpaired) electrons.